The number of rotatable bonds is 4. The molecule has 2 aromatic rings. The third-order valence-electron chi connectivity index (χ3n) is 5.09. The molecule has 2 heteroatoms. The van der Waals surface area contributed by atoms with Crippen molar-refractivity contribution in [2.45, 2.75) is 53.4 Å². The van der Waals surface area contributed by atoms with Gasteiger partial charge in [0.2, 0.25) is 0 Å². The lowest BCUT2D eigenvalue weighted by Crippen LogP contribution is -2.27. The predicted molar refractivity (Wildman–Crippen MR) is 110 cm³/mol. The summed E-state index contributed by atoms with van der Waals surface area (Å²) in [5.41, 5.74) is 8.23. The average molecular weight is 335 g/mol. The van der Waals surface area contributed by atoms with Crippen molar-refractivity contribution in [3.05, 3.63) is 71.1 Å². The summed E-state index contributed by atoms with van der Waals surface area (Å²) in [7, 11) is 0. The Balaban J connectivity index is 1.99. The van der Waals surface area contributed by atoms with Gasteiger partial charge >= 0.3 is 0 Å². The van der Waals surface area contributed by atoms with Crippen LogP contribution in [-0.4, -0.2) is 6.67 Å². The molecular formula is C23H30N2. The van der Waals surface area contributed by atoms with Crippen LogP contribution >= 0.6 is 0 Å². The minimum Gasteiger partial charge on any atom is -0.328 e. The maximum atomic E-state index is 2.41. The van der Waals surface area contributed by atoms with Gasteiger partial charge in [-0.3, -0.25) is 0 Å². The molecule has 0 saturated carbocycles. The minimum absolute atomic E-state index is 0.511. The first-order valence-corrected chi connectivity index (χ1v) is 9.30. The Morgan fingerprint density at radius 1 is 0.680 bits per heavy atom. The van der Waals surface area contributed by atoms with E-state index in [0.29, 0.717) is 11.8 Å². The van der Waals surface area contributed by atoms with Gasteiger partial charge in [-0.2, -0.15) is 0 Å². The van der Waals surface area contributed by atoms with Crippen molar-refractivity contribution in [1.29, 1.82) is 0 Å². The summed E-state index contributed by atoms with van der Waals surface area (Å²) in [6.45, 7) is 14.4. The maximum Gasteiger partial charge on any atom is 0.0989 e. The monoisotopic (exact) mass is 334 g/mol. The van der Waals surface area contributed by atoms with E-state index in [0.717, 1.165) is 6.67 Å². The molecule has 0 bridgehead atoms. The van der Waals surface area contributed by atoms with Gasteiger partial charge in [0, 0.05) is 23.8 Å². The van der Waals surface area contributed by atoms with E-state index in [9.17, 15) is 0 Å². The van der Waals surface area contributed by atoms with Crippen molar-refractivity contribution in [2.75, 3.05) is 16.5 Å². The van der Waals surface area contributed by atoms with Crippen molar-refractivity contribution in [3.63, 3.8) is 0 Å². The van der Waals surface area contributed by atoms with Gasteiger partial charge in [-0.15, -0.1) is 0 Å². The number of aryl methyl sites for hydroxylation is 2. The topological polar surface area (TPSA) is 6.48 Å². The summed E-state index contributed by atoms with van der Waals surface area (Å²) in [6, 6.07) is 13.3. The van der Waals surface area contributed by atoms with E-state index in [2.05, 4.69) is 100 Å². The number of anilines is 2. The molecular weight excluding hydrogens is 304 g/mol. The summed E-state index contributed by atoms with van der Waals surface area (Å²) >= 11 is 0. The summed E-state index contributed by atoms with van der Waals surface area (Å²) in [5.74, 6) is 1.02. The molecule has 25 heavy (non-hydrogen) atoms. The summed E-state index contributed by atoms with van der Waals surface area (Å²) in [5, 5.41) is 0. The van der Waals surface area contributed by atoms with Gasteiger partial charge in [-0.1, -0.05) is 64.1 Å². The second-order valence-corrected chi connectivity index (χ2v) is 7.71. The fourth-order valence-corrected chi connectivity index (χ4v) is 3.81. The van der Waals surface area contributed by atoms with E-state index < -0.39 is 0 Å². The van der Waals surface area contributed by atoms with Crippen molar-refractivity contribution >= 4 is 11.4 Å². The second kappa shape index (κ2) is 6.95. The molecule has 0 atom stereocenters. The third-order valence-corrected chi connectivity index (χ3v) is 5.09. The van der Waals surface area contributed by atoms with Gasteiger partial charge < -0.3 is 9.80 Å². The minimum atomic E-state index is 0.511. The first-order valence-electron chi connectivity index (χ1n) is 9.30. The number of nitrogens with zero attached hydrogens (tertiary/aromatic N) is 2. The molecule has 0 aliphatic carbocycles. The fraction of sp³-hybridized carbons (Fsp3) is 0.391. The zero-order chi connectivity index (χ0) is 18.1. The normalized spacial score (nSPS) is 14.2. The van der Waals surface area contributed by atoms with E-state index in [-0.39, 0.29) is 0 Å². The highest BCUT2D eigenvalue weighted by atomic mass is 15.3. The van der Waals surface area contributed by atoms with Crippen LogP contribution in [0.2, 0.25) is 0 Å². The maximum absolute atomic E-state index is 2.41. The Hall–Kier alpha value is -2.22. The first-order chi connectivity index (χ1) is 11.9. The molecule has 2 aromatic carbocycles. The quantitative estimate of drug-likeness (QED) is 0.647. The Labute approximate surface area is 152 Å². The molecule has 0 saturated heterocycles. The SMILES string of the molecule is Cc1cccc(C)c1N1C=CN(c2c(C(C)C)cccc2C(C)C)C1. The zero-order valence-corrected chi connectivity index (χ0v) is 16.4. The van der Waals surface area contributed by atoms with Crippen molar-refractivity contribution in [3.8, 4) is 0 Å². The Morgan fingerprint density at radius 3 is 1.60 bits per heavy atom. The third kappa shape index (κ3) is 3.30. The smallest absolute Gasteiger partial charge is 0.0989 e. The summed E-state index contributed by atoms with van der Waals surface area (Å²) in [4.78, 5) is 4.78. The van der Waals surface area contributed by atoms with Gasteiger partial charge in [0.25, 0.3) is 0 Å². The molecule has 2 nitrogen and oxygen atoms in total. The molecule has 0 fully saturated rings. The molecule has 1 heterocycles. The van der Waals surface area contributed by atoms with Crippen LogP contribution in [0.25, 0.3) is 0 Å². The molecule has 1 aliphatic rings. The van der Waals surface area contributed by atoms with Crippen molar-refractivity contribution in [2.24, 2.45) is 0 Å². The lowest BCUT2D eigenvalue weighted by atomic mass is 9.92. The molecule has 0 N–H and O–H groups in total. The lowest BCUT2D eigenvalue weighted by Gasteiger charge is -2.29. The highest BCUT2D eigenvalue weighted by Gasteiger charge is 2.23. The van der Waals surface area contributed by atoms with E-state index >= 15 is 0 Å². The molecule has 0 amide bonds. The second-order valence-electron chi connectivity index (χ2n) is 7.71. The number of para-hydroxylation sites is 2. The van der Waals surface area contributed by atoms with Crippen LogP contribution in [0.3, 0.4) is 0 Å². The van der Waals surface area contributed by atoms with Crippen LogP contribution in [0.4, 0.5) is 11.4 Å². The van der Waals surface area contributed by atoms with Crippen LogP contribution in [-0.2, 0) is 0 Å². The summed E-state index contributed by atoms with van der Waals surface area (Å²) in [6.07, 6.45) is 4.45. The van der Waals surface area contributed by atoms with Crippen LogP contribution < -0.4 is 9.80 Å². The zero-order valence-electron chi connectivity index (χ0n) is 16.4. The molecule has 0 unspecified atom stereocenters. The van der Waals surface area contributed by atoms with E-state index in [1.54, 1.807) is 0 Å². The lowest BCUT2D eigenvalue weighted by molar-refractivity contribution is 0.816. The molecule has 0 radical (unpaired) electrons. The van der Waals surface area contributed by atoms with Crippen LogP contribution in [0, 0.1) is 13.8 Å². The van der Waals surface area contributed by atoms with Crippen molar-refractivity contribution in [1.82, 2.24) is 0 Å². The molecule has 3 rings (SSSR count). The highest BCUT2D eigenvalue weighted by molar-refractivity contribution is 5.69. The molecule has 1 aliphatic heterocycles. The Kier molecular flexibility index (Phi) is 4.89. The fourth-order valence-electron chi connectivity index (χ4n) is 3.81. The van der Waals surface area contributed by atoms with Gasteiger partial charge in [0.05, 0.1) is 6.67 Å². The standard InChI is InChI=1S/C23H30N2/c1-16(2)20-11-8-12-21(17(3)4)23(20)25-14-13-24(15-25)22-18(5)9-7-10-19(22)6/h7-14,16-17H,15H2,1-6H3. The largest absolute Gasteiger partial charge is 0.328 e. The Bertz CT molecular complexity index is 740. The Morgan fingerprint density at radius 2 is 1.12 bits per heavy atom. The van der Waals surface area contributed by atoms with E-state index in [1.165, 1.54) is 33.6 Å². The van der Waals surface area contributed by atoms with Gasteiger partial charge in [0.1, 0.15) is 0 Å². The average Bonchev–Trinajstić information content (AvgIpc) is 3.03. The summed E-state index contributed by atoms with van der Waals surface area (Å²) < 4.78 is 0. The molecule has 0 aromatic heterocycles. The highest BCUT2D eigenvalue weighted by Crippen LogP contribution is 2.38. The number of benzene rings is 2. The molecule has 0 spiro atoms. The first kappa shape index (κ1) is 17.6. The predicted octanol–water partition coefficient (Wildman–Crippen LogP) is 6.31. The number of hydrogen-bond donors (Lipinski definition) is 0. The van der Waals surface area contributed by atoms with Crippen LogP contribution in [0.5, 0.6) is 0 Å². The van der Waals surface area contributed by atoms with E-state index in [4.69, 9.17) is 0 Å². The van der Waals surface area contributed by atoms with Gasteiger partial charge in [-0.05, 0) is 47.9 Å². The van der Waals surface area contributed by atoms with Crippen LogP contribution in [0.1, 0.15) is 61.8 Å². The van der Waals surface area contributed by atoms with Crippen LogP contribution in [0.15, 0.2) is 48.8 Å². The van der Waals surface area contributed by atoms with Gasteiger partial charge in [0.15, 0.2) is 0 Å². The molecule has 132 valence electrons. The van der Waals surface area contributed by atoms with Gasteiger partial charge in [-0.25, -0.2) is 0 Å². The number of hydrogen-bond acceptors (Lipinski definition) is 2. The van der Waals surface area contributed by atoms with E-state index in [1.807, 2.05) is 0 Å². The van der Waals surface area contributed by atoms with Crippen molar-refractivity contribution < 1.29 is 0 Å².